The van der Waals surface area contributed by atoms with Gasteiger partial charge in [-0.3, -0.25) is 4.90 Å². The second kappa shape index (κ2) is 5.68. The van der Waals surface area contributed by atoms with E-state index >= 15 is 0 Å². The molecule has 0 aliphatic carbocycles. The van der Waals surface area contributed by atoms with Gasteiger partial charge in [0.1, 0.15) is 0 Å². The van der Waals surface area contributed by atoms with Crippen molar-refractivity contribution in [2.75, 3.05) is 26.3 Å². The largest absolute Gasteiger partial charge is 0.380 e. The van der Waals surface area contributed by atoms with E-state index in [9.17, 15) is 0 Å². The van der Waals surface area contributed by atoms with Crippen molar-refractivity contribution in [3.8, 4) is 0 Å². The van der Waals surface area contributed by atoms with E-state index in [0.29, 0.717) is 17.6 Å². The molecule has 0 amide bonds. The molecule has 0 aromatic carbocycles. The van der Waals surface area contributed by atoms with Gasteiger partial charge in [-0.2, -0.15) is 0 Å². The molecule has 2 heterocycles. The van der Waals surface area contributed by atoms with Gasteiger partial charge >= 0.3 is 0 Å². The molecule has 2 aliphatic rings. The molecule has 0 aromatic rings. The van der Waals surface area contributed by atoms with Gasteiger partial charge in [-0.25, -0.2) is 0 Å². The van der Waals surface area contributed by atoms with E-state index in [4.69, 9.17) is 4.74 Å². The molecule has 1 N–H and O–H groups in total. The predicted molar refractivity (Wildman–Crippen MR) is 71.3 cm³/mol. The Morgan fingerprint density at radius 3 is 2.71 bits per heavy atom. The van der Waals surface area contributed by atoms with Crippen molar-refractivity contribution >= 4 is 0 Å². The molecule has 0 radical (unpaired) electrons. The lowest BCUT2D eigenvalue weighted by Gasteiger charge is -2.50. The minimum absolute atomic E-state index is 0.337. The minimum atomic E-state index is 0.337. The molecule has 2 unspecified atom stereocenters. The van der Waals surface area contributed by atoms with E-state index in [1.165, 1.54) is 32.2 Å². The molecule has 3 heteroatoms. The average molecular weight is 240 g/mol. The Balaban J connectivity index is 2.03. The Morgan fingerprint density at radius 2 is 2.12 bits per heavy atom. The third kappa shape index (κ3) is 2.83. The molecule has 3 nitrogen and oxygen atoms in total. The van der Waals surface area contributed by atoms with E-state index in [1.807, 2.05) is 0 Å². The number of rotatable bonds is 3. The van der Waals surface area contributed by atoms with Crippen LogP contribution in [0.3, 0.4) is 0 Å². The summed E-state index contributed by atoms with van der Waals surface area (Å²) >= 11 is 0. The predicted octanol–water partition coefficient (Wildman–Crippen LogP) is 2.02. The van der Waals surface area contributed by atoms with Gasteiger partial charge < -0.3 is 10.1 Å². The van der Waals surface area contributed by atoms with Crippen molar-refractivity contribution in [3.05, 3.63) is 0 Å². The molecule has 100 valence electrons. The standard InChI is InChI=1S/C14H28N2O/c1-4-14(5-2)11-16(12(3)9-15-14)13-7-6-8-17-10-13/h12-13,15H,4-11H2,1-3H3. The first-order valence-corrected chi connectivity index (χ1v) is 7.29. The summed E-state index contributed by atoms with van der Waals surface area (Å²) < 4.78 is 5.66. The van der Waals surface area contributed by atoms with Crippen LogP contribution in [0.25, 0.3) is 0 Å². The Bertz CT molecular complexity index is 234. The van der Waals surface area contributed by atoms with Gasteiger partial charge in [0.05, 0.1) is 6.61 Å². The average Bonchev–Trinajstić information content (AvgIpc) is 2.41. The van der Waals surface area contributed by atoms with Gasteiger partial charge in [0.2, 0.25) is 0 Å². The molecule has 2 atom stereocenters. The highest BCUT2D eigenvalue weighted by atomic mass is 16.5. The summed E-state index contributed by atoms with van der Waals surface area (Å²) in [5.74, 6) is 0. The molecular formula is C14H28N2O. The number of nitrogens with zero attached hydrogens (tertiary/aromatic N) is 1. The smallest absolute Gasteiger partial charge is 0.0621 e. The number of hydrogen-bond donors (Lipinski definition) is 1. The van der Waals surface area contributed by atoms with Crippen LogP contribution >= 0.6 is 0 Å². The van der Waals surface area contributed by atoms with Crippen LogP contribution in [0.1, 0.15) is 46.5 Å². The van der Waals surface area contributed by atoms with Crippen molar-refractivity contribution in [1.82, 2.24) is 10.2 Å². The Morgan fingerprint density at radius 1 is 1.35 bits per heavy atom. The topological polar surface area (TPSA) is 24.5 Å². The van der Waals surface area contributed by atoms with Gasteiger partial charge in [-0.1, -0.05) is 13.8 Å². The van der Waals surface area contributed by atoms with Crippen molar-refractivity contribution in [2.45, 2.75) is 64.1 Å². The zero-order chi connectivity index (χ0) is 12.3. The van der Waals surface area contributed by atoms with Crippen molar-refractivity contribution in [2.24, 2.45) is 0 Å². The summed E-state index contributed by atoms with van der Waals surface area (Å²) in [5, 5.41) is 3.77. The first kappa shape index (κ1) is 13.3. The molecule has 17 heavy (non-hydrogen) atoms. The molecule has 0 bridgehead atoms. The summed E-state index contributed by atoms with van der Waals surface area (Å²) in [7, 11) is 0. The van der Waals surface area contributed by atoms with E-state index in [-0.39, 0.29) is 0 Å². The number of hydrogen-bond acceptors (Lipinski definition) is 3. The van der Waals surface area contributed by atoms with Gasteiger partial charge in [0.25, 0.3) is 0 Å². The number of nitrogens with one attached hydrogen (secondary N) is 1. The molecule has 2 aliphatic heterocycles. The van der Waals surface area contributed by atoms with Crippen LogP contribution in [0.4, 0.5) is 0 Å². The lowest BCUT2D eigenvalue weighted by Crippen LogP contribution is -2.65. The molecule has 2 saturated heterocycles. The monoisotopic (exact) mass is 240 g/mol. The lowest BCUT2D eigenvalue weighted by atomic mass is 9.87. The second-order valence-electron chi connectivity index (χ2n) is 5.76. The number of ether oxygens (including phenoxy) is 1. The van der Waals surface area contributed by atoms with E-state index in [2.05, 4.69) is 31.0 Å². The van der Waals surface area contributed by atoms with Gasteiger partial charge in [0, 0.05) is 37.3 Å². The number of piperazine rings is 1. The normalized spacial score (nSPS) is 34.8. The maximum absolute atomic E-state index is 5.66. The maximum Gasteiger partial charge on any atom is 0.0621 e. The van der Waals surface area contributed by atoms with Gasteiger partial charge in [-0.15, -0.1) is 0 Å². The molecule has 0 spiro atoms. The fraction of sp³-hybridized carbons (Fsp3) is 1.00. The summed E-state index contributed by atoms with van der Waals surface area (Å²) in [6, 6.07) is 1.30. The maximum atomic E-state index is 5.66. The van der Waals surface area contributed by atoms with Gasteiger partial charge in [-0.05, 0) is 32.6 Å². The van der Waals surface area contributed by atoms with Crippen LogP contribution < -0.4 is 5.32 Å². The molecule has 0 saturated carbocycles. The van der Waals surface area contributed by atoms with E-state index in [1.54, 1.807) is 0 Å². The SMILES string of the molecule is CCC1(CC)CN(C2CCCOC2)C(C)CN1. The zero-order valence-electron chi connectivity index (χ0n) is 11.7. The summed E-state index contributed by atoms with van der Waals surface area (Å²) in [4.78, 5) is 2.70. The van der Waals surface area contributed by atoms with Crippen LogP contribution in [-0.2, 0) is 4.74 Å². The zero-order valence-corrected chi connectivity index (χ0v) is 11.7. The van der Waals surface area contributed by atoms with Crippen molar-refractivity contribution in [3.63, 3.8) is 0 Å². The lowest BCUT2D eigenvalue weighted by molar-refractivity contribution is -0.0280. The molecule has 2 fully saturated rings. The summed E-state index contributed by atoms with van der Waals surface area (Å²) in [6.45, 7) is 11.2. The Kier molecular flexibility index (Phi) is 4.45. The van der Waals surface area contributed by atoms with Crippen LogP contribution in [0.2, 0.25) is 0 Å². The quantitative estimate of drug-likeness (QED) is 0.817. The highest BCUT2D eigenvalue weighted by molar-refractivity contribution is 4.97. The van der Waals surface area contributed by atoms with Crippen molar-refractivity contribution in [1.29, 1.82) is 0 Å². The fourth-order valence-corrected chi connectivity index (χ4v) is 3.24. The van der Waals surface area contributed by atoms with Crippen LogP contribution in [-0.4, -0.2) is 48.8 Å². The van der Waals surface area contributed by atoms with E-state index in [0.717, 1.165) is 19.8 Å². The van der Waals surface area contributed by atoms with Gasteiger partial charge in [0.15, 0.2) is 0 Å². The first-order valence-electron chi connectivity index (χ1n) is 7.29. The third-order valence-corrected chi connectivity index (χ3v) is 4.78. The highest BCUT2D eigenvalue weighted by Crippen LogP contribution is 2.26. The van der Waals surface area contributed by atoms with E-state index < -0.39 is 0 Å². The molecule has 0 aromatic heterocycles. The molecule has 2 rings (SSSR count). The minimum Gasteiger partial charge on any atom is -0.380 e. The van der Waals surface area contributed by atoms with Crippen LogP contribution in [0.5, 0.6) is 0 Å². The summed E-state index contributed by atoms with van der Waals surface area (Å²) in [6.07, 6.45) is 4.99. The molecular weight excluding hydrogens is 212 g/mol. The fourth-order valence-electron chi connectivity index (χ4n) is 3.24. The van der Waals surface area contributed by atoms with Crippen LogP contribution in [0, 0.1) is 0 Å². The first-order chi connectivity index (χ1) is 8.21. The highest BCUT2D eigenvalue weighted by Gasteiger charge is 2.38. The Hall–Kier alpha value is -0.120. The van der Waals surface area contributed by atoms with Crippen LogP contribution in [0.15, 0.2) is 0 Å². The Labute approximate surface area is 106 Å². The third-order valence-electron chi connectivity index (χ3n) is 4.78. The second-order valence-corrected chi connectivity index (χ2v) is 5.76. The van der Waals surface area contributed by atoms with Crippen molar-refractivity contribution < 1.29 is 4.74 Å². The summed E-state index contributed by atoms with van der Waals surface area (Å²) in [5.41, 5.74) is 0.337.